The molecule has 1 N–H and O–H groups in total. The van der Waals surface area contributed by atoms with E-state index in [-0.39, 0.29) is 6.29 Å². The number of allylic oxidation sites excluding steroid dienone is 1. The monoisotopic (exact) mass is 492 g/mol. The lowest BCUT2D eigenvalue weighted by Crippen LogP contribution is -2.37. The van der Waals surface area contributed by atoms with E-state index in [1.165, 1.54) is 24.6 Å². The topological polar surface area (TPSA) is 53.0 Å². The van der Waals surface area contributed by atoms with E-state index in [4.69, 9.17) is 9.84 Å². The molecule has 0 saturated carbocycles. The number of hydrogen-bond donors (Lipinski definition) is 1. The molecule has 0 aliphatic carbocycles. The number of likely N-dealkylation sites (N-methyl/N-ethyl adjacent to an activating group) is 1. The van der Waals surface area contributed by atoms with Gasteiger partial charge in [0, 0.05) is 31.9 Å². The van der Waals surface area contributed by atoms with Gasteiger partial charge in [-0.3, -0.25) is 4.79 Å². The van der Waals surface area contributed by atoms with Crippen molar-refractivity contribution in [1.82, 2.24) is 4.31 Å². The quantitative estimate of drug-likeness (QED) is 0.142. The van der Waals surface area contributed by atoms with Crippen LogP contribution in [0.5, 0.6) is 5.75 Å². The number of hydrogen-bond acceptors (Lipinski definition) is 7. The zero-order chi connectivity index (χ0) is 24.2. The maximum atomic E-state index is 13.4. The molecule has 8 heteroatoms. The van der Waals surface area contributed by atoms with Crippen molar-refractivity contribution in [2.75, 3.05) is 31.4 Å². The molecule has 180 valence electrons. The lowest BCUT2D eigenvalue weighted by Gasteiger charge is -2.31. The zero-order valence-corrected chi connectivity index (χ0v) is 21.3. The number of unbranched alkanes of at least 4 members (excludes halogenated alkanes) is 1. The highest BCUT2D eigenvalue weighted by atomic mass is 32.2. The second-order valence-corrected chi connectivity index (χ2v) is 9.22. The molecule has 0 amide bonds. The van der Waals surface area contributed by atoms with Gasteiger partial charge in [0.05, 0.1) is 15.5 Å². The SMILES string of the molecule is CCCCC1CN(c2ccccc2)c2cc(SC)c(O/C=C(\F)C=O)cc2SN1CC.CO. The number of benzene rings is 2. The molecule has 0 bridgehead atoms. The van der Waals surface area contributed by atoms with Crippen molar-refractivity contribution < 1.29 is 19.0 Å². The van der Waals surface area contributed by atoms with Crippen molar-refractivity contribution >= 4 is 41.4 Å². The first-order chi connectivity index (χ1) is 16.1. The molecular formula is C25H33FN2O3S2. The molecule has 0 saturated heterocycles. The van der Waals surface area contributed by atoms with Crippen molar-refractivity contribution in [2.45, 2.75) is 48.9 Å². The summed E-state index contributed by atoms with van der Waals surface area (Å²) in [6, 6.07) is 14.9. The van der Waals surface area contributed by atoms with Gasteiger partial charge in [-0.25, -0.2) is 4.31 Å². The van der Waals surface area contributed by atoms with Crippen LogP contribution in [0.3, 0.4) is 0 Å². The smallest absolute Gasteiger partial charge is 0.197 e. The molecule has 0 fully saturated rings. The summed E-state index contributed by atoms with van der Waals surface area (Å²) in [5.74, 6) is -0.387. The highest BCUT2D eigenvalue weighted by Crippen LogP contribution is 2.46. The molecule has 5 nitrogen and oxygen atoms in total. The molecule has 2 aromatic rings. The molecule has 0 spiro atoms. The average molecular weight is 493 g/mol. The highest BCUT2D eigenvalue weighted by molar-refractivity contribution is 7.98. The van der Waals surface area contributed by atoms with E-state index >= 15 is 0 Å². The summed E-state index contributed by atoms with van der Waals surface area (Å²) in [4.78, 5) is 14.9. The summed E-state index contributed by atoms with van der Waals surface area (Å²) in [5.41, 5.74) is 2.27. The number of para-hydroxylation sites is 1. The van der Waals surface area contributed by atoms with E-state index in [1.54, 1.807) is 11.9 Å². The van der Waals surface area contributed by atoms with Crippen LogP contribution in [-0.2, 0) is 4.79 Å². The molecule has 2 aromatic carbocycles. The zero-order valence-electron chi connectivity index (χ0n) is 19.7. The second kappa shape index (κ2) is 14.3. The van der Waals surface area contributed by atoms with Crippen molar-refractivity contribution in [1.29, 1.82) is 0 Å². The van der Waals surface area contributed by atoms with Gasteiger partial charge in [-0.2, -0.15) is 4.39 Å². The highest BCUT2D eigenvalue weighted by Gasteiger charge is 2.29. The van der Waals surface area contributed by atoms with E-state index in [1.807, 2.05) is 18.4 Å². The Bertz CT molecular complexity index is 912. The van der Waals surface area contributed by atoms with E-state index in [9.17, 15) is 9.18 Å². The van der Waals surface area contributed by atoms with Gasteiger partial charge in [0.1, 0.15) is 12.0 Å². The predicted octanol–water partition coefficient (Wildman–Crippen LogP) is 6.45. The Morgan fingerprint density at radius 2 is 2.00 bits per heavy atom. The van der Waals surface area contributed by atoms with Crippen LogP contribution in [0.25, 0.3) is 0 Å². The fourth-order valence-corrected chi connectivity index (χ4v) is 5.33. The van der Waals surface area contributed by atoms with Gasteiger partial charge in [0.25, 0.3) is 0 Å². The van der Waals surface area contributed by atoms with Gasteiger partial charge in [0.2, 0.25) is 0 Å². The van der Waals surface area contributed by atoms with Crippen LogP contribution in [0.2, 0.25) is 0 Å². The Labute approximate surface area is 205 Å². The van der Waals surface area contributed by atoms with Gasteiger partial charge >= 0.3 is 0 Å². The van der Waals surface area contributed by atoms with E-state index < -0.39 is 5.83 Å². The number of rotatable bonds is 9. The number of aliphatic hydroxyl groups excluding tert-OH is 1. The molecule has 1 atom stereocenters. The molecule has 1 unspecified atom stereocenters. The molecular weight excluding hydrogens is 459 g/mol. The molecule has 1 heterocycles. The van der Waals surface area contributed by atoms with Gasteiger partial charge in [0.15, 0.2) is 12.1 Å². The van der Waals surface area contributed by atoms with Crippen LogP contribution in [0, 0.1) is 0 Å². The van der Waals surface area contributed by atoms with Gasteiger partial charge < -0.3 is 14.7 Å². The number of anilines is 2. The fourth-order valence-electron chi connectivity index (χ4n) is 3.67. The van der Waals surface area contributed by atoms with Crippen LogP contribution in [0.15, 0.2) is 64.3 Å². The largest absolute Gasteiger partial charge is 0.461 e. The van der Waals surface area contributed by atoms with Gasteiger partial charge in [-0.15, -0.1) is 11.8 Å². The Kier molecular flexibility index (Phi) is 11.8. The van der Waals surface area contributed by atoms with Crippen LogP contribution in [-0.4, -0.2) is 48.2 Å². The first-order valence-corrected chi connectivity index (χ1v) is 13.0. The van der Waals surface area contributed by atoms with Crippen LogP contribution in [0.4, 0.5) is 15.8 Å². The Hall–Kier alpha value is -2.00. The van der Waals surface area contributed by atoms with Crippen LogP contribution < -0.4 is 9.64 Å². The Morgan fingerprint density at radius 1 is 1.27 bits per heavy atom. The fraction of sp³-hybridized carbons (Fsp3) is 0.400. The third-order valence-electron chi connectivity index (χ3n) is 5.23. The Morgan fingerprint density at radius 3 is 2.61 bits per heavy atom. The number of halogens is 1. The number of fused-ring (bicyclic) bond motifs is 1. The van der Waals surface area contributed by atoms with Gasteiger partial charge in [-0.05, 0) is 48.9 Å². The molecule has 1 aliphatic heterocycles. The first-order valence-electron chi connectivity index (χ1n) is 11.0. The number of nitrogens with zero attached hydrogens (tertiary/aromatic N) is 2. The summed E-state index contributed by atoms with van der Waals surface area (Å²) in [6.45, 7) is 6.22. The number of aliphatic hydroxyl groups is 1. The number of carbonyl (C=O) groups is 1. The number of thioether (sulfide) groups is 1. The minimum atomic E-state index is -0.935. The molecule has 3 rings (SSSR count). The minimum absolute atomic E-state index is 0.144. The molecule has 0 radical (unpaired) electrons. The standard InChI is InChI=1S/C24H29FN2O2S2.CH4O/c1-4-6-10-20-15-26(19-11-8-7-9-12-19)21-13-24(30-3)22(29-17-18(25)16-28)14-23(21)31-27(20)5-2;1-2/h7-9,11-14,16-17,20H,4-6,10,15H2,1-3H3;2H,1H3/b18-17-;. The normalized spacial score (nSPS) is 16.4. The Balaban J connectivity index is 0.00000187. The first kappa shape index (κ1) is 27.2. The maximum Gasteiger partial charge on any atom is 0.197 e. The third kappa shape index (κ3) is 7.24. The van der Waals surface area contributed by atoms with E-state index in [2.05, 4.69) is 53.4 Å². The summed E-state index contributed by atoms with van der Waals surface area (Å²) >= 11 is 3.26. The number of carbonyl (C=O) groups excluding carboxylic acids is 1. The summed E-state index contributed by atoms with van der Waals surface area (Å²) in [7, 11) is 1.00. The third-order valence-corrected chi connectivity index (χ3v) is 7.31. The number of aldehydes is 1. The van der Waals surface area contributed by atoms with Crippen LogP contribution in [0.1, 0.15) is 33.1 Å². The minimum Gasteiger partial charge on any atom is -0.461 e. The number of ether oxygens (including phenoxy) is 1. The average Bonchev–Trinajstić information content (AvgIpc) is 3.03. The summed E-state index contributed by atoms with van der Waals surface area (Å²) < 4.78 is 21.3. The lowest BCUT2D eigenvalue weighted by atomic mass is 10.1. The van der Waals surface area contributed by atoms with Crippen molar-refractivity contribution in [3.8, 4) is 5.75 Å². The molecule has 0 aromatic heterocycles. The summed E-state index contributed by atoms with van der Waals surface area (Å²) in [6.07, 6.45) is 6.45. The molecule has 1 aliphatic rings. The van der Waals surface area contributed by atoms with Crippen molar-refractivity contribution in [3.05, 3.63) is 54.6 Å². The van der Waals surface area contributed by atoms with Gasteiger partial charge in [-0.1, -0.05) is 44.9 Å². The predicted molar refractivity (Wildman–Crippen MR) is 137 cm³/mol. The maximum absolute atomic E-state index is 13.4. The van der Waals surface area contributed by atoms with Crippen LogP contribution >= 0.6 is 23.7 Å². The van der Waals surface area contributed by atoms with Crippen molar-refractivity contribution in [2.24, 2.45) is 0 Å². The summed E-state index contributed by atoms with van der Waals surface area (Å²) in [5, 5.41) is 7.00. The lowest BCUT2D eigenvalue weighted by molar-refractivity contribution is -0.106. The second-order valence-electron chi connectivity index (χ2n) is 7.28. The molecule has 33 heavy (non-hydrogen) atoms. The van der Waals surface area contributed by atoms with Crippen molar-refractivity contribution in [3.63, 3.8) is 0 Å². The van der Waals surface area contributed by atoms with E-state index in [0.29, 0.717) is 11.8 Å². The van der Waals surface area contributed by atoms with E-state index in [0.717, 1.165) is 54.0 Å².